The Bertz CT molecular complexity index is 3170. The maximum Gasteiger partial charge on any atom is 0.164 e. The van der Waals surface area contributed by atoms with E-state index in [2.05, 4.69) is 152 Å². The fourth-order valence-electron chi connectivity index (χ4n) is 7.93. The lowest BCUT2D eigenvalue weighted by Crippen LogP contribution is -2.00. The minimum absolute atomic E-state index is 0.661. The van der Waals surface area contributed by atoms with E-state index < -0.39 is 0 Å². The van der Waals surface area contributed by atoms with Crippen molar-refractivity contribution in [2.24, 2.45) is 0 Å². The van der Waals surface area contributed by atoms with Crippen LogP contribution in [0.1, 0.15) is 0 Å². The van der Waals surface area contributed by atoms with E-state index in [0.29, 0.717) is 17.5 Å². The molecule has 0 saturated heterocycles. The molecular weight excluding hydrogens is 719 g/mol. The van der Waals surface area contributed by atoms with Crippen LogP contribution in [0.3, 0.4) is 0 Å². The van der Waals surface area contributed by atoms with Crippen LogP contribution in [0.5, 0.6) is 0 Å². The molecule has 0 atom stereocenters. The van der Waals surface area contributed by atoms with Gasteiger partial charge in [0.25, 0.3) is 0 Å². The second-order valence-corrected chi connectivity index (χ2v) is 16.0. The smallest absolute Gasteiger partial charge is 0.164 e. The van der Waals surface area contributed by atoms with Crippen LogP contribution in [0, 0.1) is 0 Å². The van der Waals surface area contributed by atoms with Gasteiger partial charge in [0, 0.05) is 68.2 Å². The fraction of sp³-hybridized carbons (Fsp3) is 0. The average Bonchev–Trinajstić information content (AvgIpc) is 3.87. The molecule has 0 unspecified atom stereocenters. The molecule has 0 radical (unpaired) electrons. The minimum Gasteiger partial charge on any atom is -0.208 e. The van der Waals surface area contributed by atoms with Gasteiger partial charge in [-0.2, -0.15) is 0 Å². The van der Waals surface area contributed by atoms with E-state index in [9.17, 15) is 0 Å². The standard InChI is InChI=1S/C51H31N3S2/c1-4-14-32(15-5-1)33-26-28-34(29-27-33)37-30-31-39(48-46(37)40-20-10-11-24-43(40)55-48)38-21-12-22-41-45-42(23-13-25-44(45)56-47(38)41)51-53-49(35-16-6-2-7-17-35)52-50(54-51)36-18-8-3-9-19-36/h1-31H. The van der Waals surface area contributed by atoms with Crippen LogP contribution in [0.15, 0.2) is 188 Å². The minimum atomic E-state index is 0.661. The van der Waals surface area contributed by atoms with Crippen LogP contribution in [0.25, 0.3) is 108 Å². The van der Waals surface area contributed by atoms with Gasteiger partial charge in [0.05, 0.1) is 0 Å². The number of fused-ring (bicyclic) bond motifs is 6. The normalized spacial score (nSPS) is 11.6. The number of rotatable bonds is 6. The van der Waals surface area contributed by atoms with Gasteiger partial charge in [-0.15, -0.1) is 22.7 Å². The summed E-state index contributed by atoms with van der Waals surface area (Å²) in [6.45, 7) is 0. The number of thiophene rings is 2. The van der Waals surface area contributed by atoms with Gasteiger partial charge in [0.15, 0.2) is 17.5 Å². The van der Waals surface area contributed by atoms with E-state index in [0.717, 1.165) is 16.7 Å². The Hall–Kier alpha value is -6.79. The highest BCUT2D eigenvalue weighted by Crippen LogP contribution is 2.49. The van der Waals surface area contributed by atoms with Gasteiger partial charge in [-0.3, -0.25) is 0 Å². The Morgan fingerprint density at radius 2 is 0.750 bits per heavy atom. The summed E-state index contributed by atoms with van der Waals surface area (Å²) >= 11 is 3.73. The zero-order valence-electron chi connectivity index (χ0n) is 30.1. The summed E-state index contributed by atoms with van der Waals surface area (Å²) in [5.74, 6) is 1.99. The molecule has 0 fully saturated rings. The zero-order valence-corrected chi connectivity index (χ0v) is 31.7. The summed E-state index contributed by atoms with van der Waals surface area (Å²) in [6.07, 6.45) is 0. The summed E-state index contributed by atoms with van der Waals surface area (Å²) in [5, 5.41) is 4.97. The maximum atomic E-state index is 5.13. The van der Waals surface area contributed by atoms with Crippen LogP contribution >= 0.6 is 22.7 Å². The third-order valence-corrected chi connectivity index (χ3v) is 13.0. The van der Waals surface area contributed by atoms with Crippen LogP contribution in [-0.4, -0.2) is 15.0 Å². The van der Waals surface area contributed by atoms with E-state index in [4.69, 9.17) is 15.0 Å². The highest BCUT2D eigenvalue weighted by atomic mass is 32.1. The fourth-order valence-corrected chi connectivity index (χ4v) is 10.4. The Labute approximate surface area is 331 Å². The van der Waals surface area contributed by atoms with Crippen LogP contribution in [0.4, 0.5) is 0 Å². The summed E-state index contributed by atoms with van der Waals surface area (Å²) in [4.78, 5) is 15.2. The molecular formula is C51H31N3S2. The second-order valence-electron chi connectivity index (χ2n) is 13.9. The van der Waals surface area contributed by atoms with Gasteiger partial charge < -0.3 is 0 Å². The van der Waals surface area contributed by atoms with Gasteiger partial charge in [-0.05, 0) is 34.4 Å². The summed E-state index contributed by atoms with van der Waals surface area (Å²) in [6, 6.07) is 66.7. The highest BCUT2D eigenvalue weighted by Gasteiger charge is 2.21. The van der Waals surface area contributed by atoms with Crippen molar-refractivity contribution in [1.29, 1.82) is 0 Å². The molecule has 0 bridgehead atoms. The molecule has 0 aliphatic carbocycles. The van der Waals surface area contributed by atoms with E-state index in [1.807, 2.05) is 59.1 Å². The number of aromatic nitrogens is 3. The molecule has 0 N–H and O–H groups in total. The molecule has 0 aliphatic rings. The lowest BCUT2D eigenvalue weighted by atomic mass is 9.93. The van der Waals surface area contributed by atoms with Crippen molar-refractivity contribution in [2.75, 3.05) is 0 Å². The van der Waals surface area contributed by atoms with Crippen molar-refractivity contribution >= 4 is 63.0 Å². The third-order valence-electron chi connectivity index (χ3n) is 10.6. The SMILES string of the molecule is c1ccc(-c2ccc(-c3ccc(-c4cccc5c4sc4cccc(-c6nc(-c7ccccc7)nc(-c7ccccc7)n6)c45)c4sc5ccccc5c34)cc2)cc1. The van der Waals surface area contributed by atoms with Gasteiger partial charge in [-0.25, -0.2) is 15.0 Å². The number of hydrogen-bond acceptors (Lipinski definition) is 5. The summed E-state index contributed by atoms with van der Waals surface area (Å²) in [5.41, 5.74) is 10.3. The van der Waals surface area contributed by atoms with E-state index in [1.165, 1.54) is 73.7 Å². The summed E-state index contributed by atoms with van der Waals surface area (Å²) in [7, 11) is 0. The van der Waals surface area contributed by atoms with Gasteiger partial charge in [0.1, 0.15) is 0 Å². The number of hydrogen-bond donors (Lipinski definition) is 0. The van der Waals surface area contributed by atoms with Crippen molar-refractivity contribution in [2.45, 2.75) is 0 Å². The van der Waals surface area contributed by atoms with E-state index in [-0.39, 0.29) is 0 Å². The van der Waals surface area contributed by atoms with Crippen LogP contribution in [-0.2, 0) is 0 Å². The lowest BCUT2D eigenvalue weighted by Gasteiger charge is -2.11. The van der Waals surface area contributed by atoms with Crippen molar-refractivity contribution in [1.82, 2.24) is 15.0 Å². The topological polar surface area (TPSA) is 38.7 Å². The molecule has 11 aromatic rings. The molecule has 11 rings (SSSR count). The van der Waals surface area contributed by atoms with Crippen LogP contribution in [0.2, 0.25) is 0 Å². The molecule has 0 spiro atoms. The van der Waals surface area contributed by atoms with Gasteiger partial charge in [0.2, 0.25) is 0 Å². The van der Waals surface area contributed by atoms with E-state index >= 15 is 0 Å². The Kier molecular flexibility index (Phi) is 7.87. The predicted octanol–water partition coefficient (Wildman–Crippen LogP) is 14.6. The van der Waals surface area contributed by atoms with Crippen molar-refractivity contribution in [3.8, 4) is 67.5 Å². The quantitative estimate of drug-likeness (QED) is 0.170. The molecule has 3 nitrogen and oxygen atoms in total. The average molecular weight is 750 g/mol. The molecule has 262 valence electrons. The molecule has 5 heteroatoms. The molecule has 8 aromatic carbocycles. The maximum absolute atomic E-state index is 5.13. The Balaban J connectivity index is 1.10. The van der Waals surface area contributed by atoms with Crippen molar-refractivity contribution in [3.63, 3.8) is 0 Å². The van der Waals surface area contributed by atoms with Crippen LogP contribution < -0.4 is 0 Å². The molecule has 0 aliphatic heterocycles. The Morgan fingerprint density at radius 3 is 1.46 bits per heavy atom. The number of benzene rings is 8. The largest absolute Gasteiger partial charge is 0.208 e. The van der Waals surface area contributed by atoms with Crippen molar-refractivity contribution in [3.05, 3.63) is 188 Å². The van der Waals surface area contributed by atoms with Gasteiger partial charge >= 0.3 is 0 Å². The predicted molar refractivity (Wildman–Crippen MR) is 238 cm³/mol. The monoisotopic (exact) mass is 749 g/mol. The van der Waals surface area contributed by atoms with Gasteiger partial charge in [-0.1, -0.05) is 176 Å². The third kappa shape index (κ3) is 5.51. The molecule has 3 heterocycles. The molecule has 0 saturated carbocycles. The molecule has 56 heavy (non-hydrogen) atoms. The first kappa shape index (κ1) is 32.6. The number of nitrogens with zero attached hydrogens (tertiary/aromatic N) is 3. The Morgan fingerprint density at radius 1 is 0.268 bits per heavy atom. The first-order valence-electron chi connectivity index (χ1n) is 18.7. The van der Waals surface area contributed by atoms with Crippen molar-refractivity contribution < 1.29 is 0 Å². The first-order valence-corrected chi connectivity index (χ1v) is 20.3. The zero-order chi connectivity index (χ0) is 37.0. The van der Waals surface area contributed by atoms with E-state index in [1.54, 1.807) is 0 Å². The lowest BCUT2D eigenvalue weighted by molar-refractivity contribution is 1.08. The first-order chi connectivity index (χ1) is 27.8. The second kappa shape index (κ2) is 13.5. The summed E-state index contributed by atoms with van der Waals surface area (Å²) < 4.78 is 5.06. The molecule has 0 amide bonds. The molecule has 3 aromatic heterocycles. The highest BCUT2D eigenvalue weighted by molar-refractivity contribution is 7.27.